The van der Waals surface area contributed by atoms with Gasteiger partial charge in [-0.05, 0) is 31.7 Å². The van der Waals surface area contributed by atoms with Crippen molar-refractivity contribution in [3.05, 3.63) is 53.3 Å². The Balaban J connectivity index is 2.46. The van der Waals surface area contributed by atoms with E-state index in [4.69, 9.17) is 0 Å². The average molecular weight is 338 g/mol. The lowest BCUT2D eigenvalue weighted by atomic mass is 10.1. The molecule has 1 heterocycles. The van der Waals surface area contributed by atoms with Gasteiger partial charge in [0.1, 0.15) is 0 Å². The Bertz CT molecular complexity index is 724. The van der Waals surface area contributed by atoms with Crippen molar-refractivity contribution >= 4 is 23.2 Å². The smallest absolute Gasteiger partial charge is 0.259 e. The fraction of sp³-hybridized carbons (Fsp3) is 0.294. The zero-order valence-corrected chi connectivity index (χ0v) is 13.9. The van der Waals surface area contributed by atoms with Crippen LogP contribution in [-0.4, -0.2) is 16.4 Å². The van der Waals surface area contributed by atoms with E-state index in [1.807, 2.05) is 24.3 Å². The fourth-order valence-electron chi connectivity index (χ4n) is 2.08. The largest absolute Gasteiger partial charge is 0.417 e. The number of hydrogen-bond donors (Lipinski definition) is 0. The van der Waals surface area contributed by atoms with Gasteiger partial charge in [0, 0.05) is 22.4 Å². The second-order valence-corrected chi connectivity index (χ2v) is 6.26. The third kappa shape index (κ3) is 4.34. The van der Waals surface area contributed by atoms with Crippen LogP contribution in [-0.2, 0) is 6.18 Å². The number of aliphatic imine (C=N–C) groups is 1. The highest BCUT2D eigenvalue weighted by Gasteiger charge is 2.31. The van der Waals surface area contributed by atoms with Crippen molar-refractivity contribution in [2.45, 2.75) is 31.8 Å². The highest BCUT2D eigenvalue weighted by Crippen LogP contribution is 2.32. The summed E-state index contributed by atoms with van der Waals surface area (Å²) in [7, 11) is 0. The molecule has 2 nitrogen and oxygen atoms in total. The zero-order valence-electron chi connectivity index (χ0n) is 13.1. The topological polar surface area (TPSA) is 25.2 Å². The lowest BCUT2D eigenvalue weighted by molar-refractivity contribution is -0.137. The average Bonchev–Trinajstić information content (AvgIpc) is 2.49. The lowest BCUT2D eigenvalue weighted by Gasteiger charge is -2.10. The van der Waals surface area contributed by atoms with E-state index >= 15 is 0 Å². The summed E-state index contributed by atoms with van der Waals surface area (Å²) in [6.07, 6.45) is -3.58. The van der Waals surface area contributed by atoms with Gasteiger partial charge in [0.05, 0.1) is 16.9 Å². The molecule has 0 spiro atoms. The Morgan fingerprint density at radius 1 is 1.26 bits per heavy atom. The molecule has 23 heavy (non-hydrogen) atoms. The van der Waals surface area contributed by atoms with Crippen LogP contribution < -0.4 is 0 Å². The minimum Gasteiger partial charge on any atom is -0.259 e. The van der Waals surface area contributed by atoms with E-state index < -0.39 is 11.7 Å². The SMILES string of the molecule is CCSc1ccccc1/C(C)=N/c1cc(C(F)(F)F)cnc1C. The monoisotopic (exact) mass is 338 g/mol. The highest BCUT2D eigenvalue weighted by atomic mass is 32.2. The number of rotatable bonds is 4. The minimum atomic E-state index is -4.42. The number of alkyl halides is 3. The summed E-state index contributed by atoms with van der Waals surface area (Å²) in [5.41, 5.74) is 1.53. The van der Waals surface area contributed by atoms with Crippen molar-refractivity contribution in [3.63, 3.8) is 0 Å². The molecule has 0 saturated heterocycles. The number of pyridine rings is 1. The first-order valence-corrected chi connectivity index (χ1v) is 8.12. The van der Waals surface area contributed by atoms with Gasteiger partial charge in [-0.25, -0.2) is 0 Å². The standard InChI is InChI=1S/C17H17F3N2S/c1-4-23-16-8-6-5-7-14(16)11(2)22-15-9-13(17(18,19)20)10-21-12(15)3/h5-10H,4H2,1-3H3/b22-11+. The van der Waals surface area contributed by atoms with Gasteiger partial charge < -0.3 is 0 Å². The van der Waals surface area contributed by atoms with Gasteiger partial charge in [0.2, 0.25) is 0 Å². The Morgan fingerprint density at radius 2 is 1.96 bits per heavy atom. The molecule has 2 aromatic rings. The number of benzene rings is 1. The van der Waals surface area contributed by atoms with Crippen LogP contribution in [0.25, 0.3) is 0 Å². The van der Waals surface area contributed by atoms with Crippen LogP contribution in [0, 0.1) is 6.92 Å². The van der Waals surface area contributed by atoms with Crippen molar-refractivity contribution in [2.75, 3.05) is 5.75 Å². The molecular weight excluding hydrogens is 321 g/mol. The Labute approximate surface area is 137 Å². The van der Waals surface area contributed by atoms with Crippen LogP contribution in [0.1, 0.15) is 30.7 Å². The van der Waals surface area contributed by atoms with Crippen molar-refractivity contribution < 1.29 is 13.2 Å². The molecule has 0 atom stereocenters. The molecule has 0 saturated carbocycles. The molecular formula is C17H17F3N2S. The third-order valence-electron chi connectivity index (χ3n) is 3.25. The van der Waals surface area contributed by atoms with Crippen LogP contribution in [0.15, 0.2) is 46.4 Å². The molecule has 2 rings (SSSR count). The first-order valence-electron chi connectivity index (χ1n) is 7.14. The Hall–Kier alpha value is -1.82. The molecule has 6 heteroatoms. The number of halogens is 3. The van der Waals surface area contributed by atoms with E-state index in [1.54, 1.807) is 25.6 Å². The number of nitrogens with zero attached hydrogens (tertiary/aromatic N) is 2. The number of aryl methyl sites for hydroxylation is 1. The predicted molar refractivity (Wildman–Crippen MR) is 88.7 cm³/mol. The summed E-state index contributed by atoms with van der Waals surface area (Å²) in [6.45, 7) is 5.50. The normalized spacial score (nSPS) is 12.5. The molecule has 0 aliphatic rings. The van der Waals surface area contributed by atoms with Gasteiger partial charge in [0.15, 0.2) is 0 Å². The van der Waals surface area contributed by atoms with Gasteiger partial charge in [-0.2, -0.15) is 13.2 Å². The van der Waals surface area contributed by atoms with Gasteiger partial charge in [-0.3, -0.25) is 9.98 Å². The van der Waals surface area contributed by atoms with E-state index in [0.29, 0.717) is 11.4 Å². The van der Waals surface area contributed by atoms with Crippen LogP contribution in [0.5, 0.6) is 0 Å². The maximum Gasteiger partial charge on any atom is 0.417 e. The maximum atomic E-state index is 12.8. The maximum absolute atomic E-state index is 12.8. The predicted octanol–water partition coefficient (Wildman–Crippen LogP) is 5.66. The molecule has 0 radical (unpaired) electrons. The molecule has 1 aromatic heterocycles. The summed E-state index contributed by atoms with van der Waals surface area (Å²) >= 11 is 1.68. The van der Waals surface area contributed by atoms with E-state index in [9.17, 15) is 13.2 Å². The summed E-state index contributed by atoms with van der Waals surface area (Å²) in [5.74, 6) is 0.911. The van der Waals surface area contributed by atoms with Crippen molar-refractivity contribution in [2.24, 2.45) is 4.99 Å². The zero-order chi connectivity index (χ0) is 17.0. The van der Waals surface area contributed by atoms with E-state index in [0.717, 1.165) is 28.5 Å². The van der Waals surface area contributed by atoms with Gasteiger partial charge in [-0.15, -0.1) is 11.8 Å². The van der Waals surface area contributed by atoms with Gasteiger partial charge in [0.25, 0.3) is 0 Å². The van der Waals surface area contributed by atoms with Gasteiger partial charge in [-0.1, -0.05) is 25.1 Å². The summed E-state index contributed by atoms with van der Waals surface area (Å²) < 4.78 is 38.5. The summed E-state index contributed by atoms with van der Waals surface area (Å²) in [5, 5.41) is 0. The Morgan fingerprint density at radius 3 is 2.61 bits per heavy atom. The number of hydrogen-bond acceptors (Lipinski definition) is 3. The van der Waals surface area contributed by atoms with Crippen molar-refractivity contribution in [3.8, 4) is 0 Å². The summed E-state index contributed by atoms with van der Waals surface area (Å²) in [4.78, 5) is 9.27. The van der Waals surface area contributed by atoms with E-state index in [-0.39, 0.29) is 5.69 Å². The molecule has 0 bridgehead atoms. The molecule has 122 valence electrons. The highest BCUT2D eigenvalue weighted by molar-refractivity contribution is 7.99. The van der Waals surface area contributed by atoms with Crippen molar-refractivity contribution in [1.82, 2.24) is 4.98 Å². The molecule has 0 unspecified atom stereocenters. The quantitative estimate of drug-likeness (QED) is 0.531. The second-order valence-electron chi connectivity index (χ2n) is 4.95. The third-order valence-corrected chi connectivity index (χ3v) is 4.21. The molecule has 0 fully saturated rings. The number of aromatic nitrogens is 1. The molecule has 0 aliphatic heterocycles. The summed E-state index contributed by atoms with van der Waals surface area (Å²) in [6, 6.07) is 8.78. The molecule has 0 amide bonds. The van der Waals surface area contributed by atoms with E-state index in [2.05, 4.69) is 16.9 Å². The van der Waals surface area contributed by atoms with Gasteiger partial charge >= 0.3 is 6.18 Å². The van der Waals surface area contributed by atoms with Crippen molar-refractivity contribution in [1.29, 1.82) is 0 Å². The van der Waals surface area contributed by atoms with Crippen LogP contribution in [0.3, 0.4) is 0 Å². The number of thioether (sulfide) groups is 1. The van der Waals surface area contributed by atoms with Crippen LogP contribution in [0.2, 0.25) is 0 Å². The fourth-order valence-corrected chi connectivity index (χ4v) is 2.93. The molecule has 0 aliphatic carbocycles. The minimum absolute atomic E-state index is 0.244. The molecule has 1 aromatic carbocycles. The first-order chi connectivity index (χ1) is 10.8. The molecule has 0 N–H and O–H groups in total. The Kier molecular flexibility index (Phi) is 5.46. The van der Waals surface area contributed by atoms with Crippen LogP contribution in [0.4, 0.5) is 18.9 Å². The van der Waals surface area contributed by atoms with Crippen LogP contribution >= 0.6 is 11.8 Å². The van der Waals surface area contributed by atoms with E-state index in [1.165, 1.54) is 0 Å². The lowest BCUT2D eigenvalue weighted by Crippen LogP contribution is -2.06. The first kappa shape index (κ1) is 17.5. The second kappa shape index (κ2) is 7.17.